The van der Waals surface area contributed by atoms with E-state index in [0.717, 1.165) is 18.4 Å². The van der Waals surface area contributed by atoms with Gasteiger partial charge in [0.2, 0.25) is 0 Å². The average Bonchev–Trinajstić information content (AvgIpc) is 2.66. The maximum absolute atomic E-state index is 15.6. The molecule has 0 fully saturated rings. The Balaban J connectivity index is 2.13. The van der Waals surface area contributed by atoms with Crippen molar-refractivity contribution in [2.24, 2.45) is 0 Å². The first kappa shape index (κ1) is 20.4. The molecule has 136 valence electrons. The third-order valence-electron chi connectivity index (χ3n) is 4.07. The van der Waals surface area contributed by atoms with Gasteiger partial charge in [-0.25, -0.2) is 0 Å². The van der Waals surface area contributed by atoms with Gasteiger partial charge in [-0.3, -0.25) is 0 Å². The van der Waals surface area contributed by atoms with Crippen molar-refractivity contribution in [2.75, 3.05) is 0 Å². The van der Waals surface area contributed by atoms with Crippen molar-refractivity contribution in [3.05, 3.63) is 65.7 Å². The number of aryl methyl sites for hydroxylation is 1. The van der Waals surface area contributed by atoms with Gasteiger partial charge in [0.05, 0.1) is 0 Å². The SMILES string of the molecule is CCCCC#CC(F)(CC[Se]c1ccccc1)C(=O)c1ccc(C)cc1. The van der Waals surface area contributed by atoms with Crippen molar-refractivity contribution >= 4 is 25.2 Å². The summed E-state index contributed by atoms with van der Waals surface area (Å²) in [5.74, 6) is 5.06. The summed E-state index contributed by atoms with van der Waals surface area (Å²) >= 11 is 0.136. The molecule has 1 nitrogen and oxygen atoms in total. The van der Waals surface area contributed by atoms with Gasteiger partial charge in [-0.1, -0.05) is 0 Å². The molecular weight excluding hydrogens is 390 g/mol. The number of rotatable bonds is 8. The topological polar surface area (TPSA) is 17.1 Å². The zero-order valence-corrected chi connectivity index (χ0v) is 17.1. The minimum absolute atomic E-state index is 0.136. The molecule has 3 heteroatoms. The summed E-state index contributed by atoms with van der Waals surface area (Å²) in [5.41, 5.74) is -0.651. The summed E-state index contributed by atoms with van der Waals surface area (Å²) in [7, 11) is 0. The number of carbonyl (C=O) groups is 1. The van der Waals surface area contributed by atoms with E-state index in [1.165, 1.54) is 4.46 Å². The van der Waals surface area contributed by atoms with E-state index < -0.39 is 11.5 Å². The molecule has 2 aromatic carbocycles. The zero-order chi connectivity index (χ0) is 18.8. The molecule has 2 rings (SSSR count). The van der Waals surface area contributed by atoms with Crippen LogP contribution in [0.25, 0.3) is 0 Å². The van der Waals surface area contributed by atoms with Crippen molar-refractivity contribution in [1.82, 2.24) is 0 Å². The number of benzene rings is 2. The second-order valence-electron chi connectivity index (χ2n) is 6.31. The molecule has 0 aliphatic heterocycles. The summed E-state index contributed by atoms with van der Waals surface area (Å²) in [6, 6.07) is 17.1. The summed E-state index contributed by atoms with van der Waals surface area (Å²) in [5, 5.41) is 0.646. The first-order valence-electron chi connectivity index (χ1n) is 9.03. The molecule has 0 radical (unpaired) electrons. The fraction of sp³-hybridized carbons (Fsp3) is 0.348. The third kappa shape index (κ3) is 6.13. The predicted molar refractivity (Wildman–Crippen MR) is 108 cm³/mol. The molecule has 0 saturated carbocycles. The molecule has 0 aliphatic carbocycles. The molecule has 0 heterocycles. The third-order valence-corrected chi connectivity index (χ3v) is 6.20. The van der Waals surface area contributed by atoms with Gasteiger partial charge in [0, 0.05) is 0 Å². The van der Waals surface area contributed by atoms with E-state index in [-0.39, 0.29) is 21.4 Å². The van der Waals surface area contributed by atoms with Crippen LogP contribution < -0.4 is 4.46 Å². The van der Waals surface area contributed by atoms with Crippen LogP contribution >= 0.6 is 0 Å². The van der Waals surface area contributed by atoms with Crippen molar-refractivity contribution < 1.29 is 9.18 Å². The van der Waals surface area contributed by atoms with Gasteiger partial charge >= 0.3 is 162 Å². The van der Waals surface area contributed by atoms with Crippen LogP contribution in [0.3, 0.4) is 0 Å². The van der Waals surface area contributed by atoms with Crippen LogP contribution in [0.5, 0.6) is 0 Å². The Morgan fingerprint density at radius 2 is 1.81 bits per heavy atom. The average molecular weight is 415 g/mol. The molecule has 0 saturated heterocycles. The summed E-state index contributed by atoms with van der Waals surface area (Å²) in [6.07, 6.45) is 2.72. The van der Waals surface area contributed by atoms with Gasteiger partial charge in [-0.05, 0) is 0 Å². The molecule has 0 N–H and O–H groups in total. The van der Waals surface area contributed by atoms with Crippen LogP contribution in [0.4, 0.5) is 4.39 Å². The van der Waals surface area contributed by atoms with Gasteiger partial charge in [0.25, 0.3) is 0 Å². The van der Waals surface area contributed by atoms with Crippen LogP contribution in [0.2, 0.25) is 5.32 Å². The van der Waals surface area contributed by atoms with Crippen LogP contribution in [0, 0.1) is 18.8 Å². The molecule has 0 amide bonds. The molecule has 0 bridgehead atoms. The molecule has 0 aromatic heterocycles. The summed E-state index contributed by atoms with van der Waals surface area (Å²) in [4.78, 5) is 12.8. The number of unbranched alkanes of at least 4 members (excludes halogenated alkanes) is 2. The van der Waals surface area contributed by atoms with Crippen molar-refractivity contribution in [3.63, 3.8) is 0 Å². The fourth-order valence-corrected chi connectivity index (χ4v) is 4.49. The number of halogens is 1. The Hall–Kier alpha value is -1.88. The standard InChI is InChI=1S/C23H25FOSe/c1-3-4-5-9-16-23(24,17-18-26-21-10-7-6-8-11-21)22(25)20-14-12-19(2)13-15-20/h6-8,10-15H,3-5,17-18H2,1-2H3. The summed E-state index contributed by atoms with van der Waals surface area (Å²) < 4.78 is 16.8. The van der Waals surface area contributed by atoms with Gasteiger partial charge in [0.15, 0.2) is 0 Å². The molecule has 26 heavy (non-hydrogen) atoms. The second kappa shape index (κ2) is 10.3. The van der Waals surface area contributed by atoms with Gasteiger partial charge in [-0.15, -0.1) is 0 Å². The number of ketones is 1. The maximum atomic E-state index is 15.6. The van der Waals surface area contributed by atoms with E-state index in [9.17, 15) is 4.79 Å². The number of Topliss-reactive ketones (excluding diaryl/α,β-unsaturated/α-hetero) is 1. The molecule has 1 unspecified atom stereocenters. The number of hydrogen-bond acceptors (Lipinski definition) is 1. The van der Waals surface area contributed by atoms with E-state index >= 15 is 4.39 Å². The summed E-state index contributed by atoms with van der Waals surface area (Å²) in [6.45, 7) is 4.02. The Labute approximate surface area is 162 Å². The zero-order valence-electron chi connectivity index (χ0n) is 15.4. The Morgan fingerprint density at radius 3 is 2.46 bits per heavy atom. The Morgan fingerprint density at radius 1 is 1.12 bits per heavy atom. The van der Waals surface area contributed by atoms with E-state index in [4.69, 9.17) is 0 Å². The molecule has 0 aliphatic rings. The van der Waals surface area contributed by atoms with Crippen LogP contribution in [0.1, 0.15) is 48.5 Å². The Bertz CT molecular complexity index is 758. The van der Waals surface area contributed by atoms with Crippen molar-refractivity contribution in [1.29, 1.82) is 0 Å². The van der Waals surface area contributed by atoms with E-state index in [1.54, 1.807) is 12.1 Å². The molecule has 2 aromatic rings. The predicted octanol–water partition coefficient (Wildman–Crippen LogP) is 4.92. The van der Waals surface area contributed by atoms with Gasteiger partial charge in [0.1, 0.15) is 0 Å². The molecular formula is C23H25FOSe. The first-order valence-corrected chi connectivity index (χ1v) is 11.1. The minimum atomic E-state index is -2.10. The Kier molecular flexibility index (Phi) is 8.10. The molecule has 0 spiro atoms. The van der Waals surface area contributed by atoms with Crippen LogP contribution in [-0.4, -0.2) is 26.4 Å². The number of carbonyl (C=O) groups excluding carboxylic acids is 1. The van der Waals surface area contributed by atoms with Gasteiger partial charge in [-0.2, -0.15) is 0 Å². The van der Waals surface area contributed by atoms with Crippen molar-refractivity contribution in [3.8, 4) is 11.8 Å². The van der Waals surface area contributed by atoms with Crippen LogP contribution in [-0.2, 0) is 0 Å². The first-order chi connectivity index (χ1) is 12.5. The van der Waals surface area contributed by atoms with E-state index in [2.05, 4.69) is 30.9 Å². The number of alkyl halides is 1. The second-order valence-corrected chi connectivity index (χ2v) is 8.76. The van der Waals surface area contributed by atoms with E-state index in [1.807, 2.05) is 37.3 Å². The quantitative estimate of drug-likeness (QED) is 0.259. The van der Waals surface area contributed by atoms with E-state index in [0.29, 0.717) is 17.3 Å². The normalized spacial score (nSPS) is 12.7. The fourth-order valence-electron chi connectivity index (χ4n) is 2.46. The van der Waals surface area contributed by atoms with Gasteiger partial charge < -0.3 is 0 Å². The van der Waals surface area contributed by atoms with Crippen molar-refractivity contribution in [2.45, 2.75) is 50.5 Å². The number of hydrogen-bond donors (Lipinski definition) is 0. The molecule has 1 atom stereocenters. The van der Waals surface area contributed by atoms with Crippen LogP contribution in [0.15, 0.2) is 54.6 Å². The monoisotopic (exact) mass is 416 g/mol.